The summed E-state index contributed by atoms with van der Waals surface area (Å²) in [5, 5.41) is 3.17. The maximum Gasteiger partial charge on any atom is 0.119 e. The Bertz CT molecular complexity index is 408. The van der Waals surface area contributed by atoms with Crippen molar-refractivity contribution in [3.8, 4) is 5.75 Å². The van der Waals surface area contributed by atoms with Gasteiger partial charge in [0.2, 0.25) is 0 Å². The van der Waals surface area contributed by atoms with E-state index in [0.29, 0.717) is 0 Å². The fourth-order valence-electron chi connectivity index (χ4n) is 2.91. The Morgan fingerprint density at radius 1 is 1.29 bits per heavy atom. The zero-order chi connectivity index (χ0) is 14.9. The average Bonchev–Trinajstić information content (AvgIpc) is 2.55. The van der Waals surface area contributed by atoms with E-state index in [4.69, 9.17) is 7.80 Å². The second kappa shape index (κ2) is 9.64. The molecule has 0 heterocycles. The minimum absolute atomic E-state index is 0.122. The van der Waals surface area contributed by atoms with Gasteiger partial charge in [-0.25, -0.2) is 0 Å². The first-order valence-electron chi connectivity index (χ1n) is 7.98. The molecule has 0 bridgehead atoms. The number of halogens is 1. The van der Waals surface area contributed by atoms with Crippen LogP contribution in [-0.4, -0.2) is 20.2 Å². The van der Waals surface area contributed by atoms with Crippen molar-refractivity contribution in [2.75, 3.05) is 20.2 Å². The van der Waals surface area contributed by atoms with Crippen molar-refractivity contribution in [3.05, 3.63) is 29.8 Å². The molecular formula is C17H26INO2. The average molecular weight is 403 g/mol. The zero-order valence-corrected chi connectivity index (χ0v) is 15.0. The van der Waals surface area contributed by atoms with Gasteiger partial charge >= 0.3 is 0 Å². The van der Waals surface area contributed by atoms with Gasteiger partial charge in [0, 0.05) is 0 Å². The molecule has 0 aliphatic heterocycles. The number of hydrogen-bond acceptors (Lipinski definition) is 3. The standard InChI is InChI=1S/C17H26INO2/c1-19-11-10-17(21-18)15-8-5-9-16(12-15)20-13-14-6-3-2-4-7-14/h5,8-9,12,14,17,19H,2-4,6-7,10-11,13H2,1H3. The third-order valence-electron chi connectivity index (χ3n) is 4.20. The van der Waals surface area contributed by atoms with E-state index in [1.54, 1.807) is 0 Å². The van der Waals surface area contributed by atoms with Gasteiger partial charge in [0.15, 0.2) is 0 Å². The molecule has 1 atom stereocenters. The van der Waals surface area contributed by atoms with E-state index in [9.17, 15) is 0 Å². The van der Waals surface area contributed by atoms with Crippen molar-refractivity contribution < 1.29 is 7.80 Å². The highest BCUT2D eigenvalue weighted by molar-refractivity contribution is 14.1. The van der Waals surface area contributed by atoms with Crippen molar-refractivity contribution in [1.82, 2.24) is 5.32 Å². The van der Waals surface area contributed by atoms with Crippen molar-refractivity contribution >= 4 is 23.0 Å². The summed E-state index contributed by atoms with van der Waals surface area (Å²) in [6.45, 7) is 1.80. The van der Waals surface area contributed by atoms with E-state index in [2.05, 4.69) is 29.6 Å². The van der Waals surface area contributed by atoms with Crippen LogP contribution in [0.3, 0.4) is 0 Å². The molecule has 0 amide bonds. The molecule has 1 aromatic carbocycles. The molecule has 1 saturated carbocycles. The molecule has 0 radical (unpaired) electrons. The van der Waals surface area contributed by atoms with Crippen molar-refractivity contribution in [2.24, 2.45) is 5.92 Å². The van der Waals surface area contributed by atoms with Crippen LogP contribution < -0.4 is 10.1 Å². The molecule has 4 heteroatoms. The van der Waals surface area contributed by atoms with E-state index in [0.717, 1.165) is 31.2 Å². The van der Waals surface area contributed by atoms with Crippen molar-refractivity contribution in [2.45, 2.75) is 44.6 Å². The van der Waals surface area contributed by atoms with Crippen LogP contribution in [0.1, 0.15) is 50.2 Å². The highest BCUT2D eigenvalue weighted by atomic mass is 127. The Labute approximate surface area is 142 Å². The molecule has 1 unspecified atom stereocenters. The van der Waals surface area contributed by atoms with Crippen LogP contribution >= 0.6 is 23.0 Å². The van der Waals surface area contributed by atoms with Gasteiger partial charge in [0.25, 0.3) is 0 Å². The molecule has 1 aromatic rings. The van der Waals surface area contributed by atoms with Crippen LogP contribution in [0.15, 0.2) is 24.3 Å². The van der Waals surface area contributed by atoms with E-state index in [1.807, 2.05) is 30.1 Å². The second-order valence-electron chi connectivity index (χ2n) is 5.86. The van der Waals surface area contributed by atoms with Gasteiger partial charge in [0.05, 0.1) is 12.7 Å². The predicted molar refractivity (Wildman–Crippen MR) is 94.9 cm³/mol. The van der Waals surface area contributed by atoms with E-state index in [-0.39, 0.29) is 6.10 Å². The van der Waals surface area contributed by atoms with Crippen LogP contribution in [0.25, 0.3) is 0 Å². The predicted octanol–water partition coefficient (Wildman–Crippen LogP) is 4.66. The third kappa shape index (κ3) is 5.75. The van der Waals surface area contributed by atoms with Gasteiger partial charge in [-0.1, -0.05) is 31.4 Å². The molecule has 1 fully saturated rings. The zero-order valence-electron chi connectivity index (χ0n) is 12.8. The maximum absolute atomic E-state index is 6.01. The summed E-state index contributed by atoms with van der Waals surface area (Å²) in [5.74, 6) is 1.71. The van der Waals surface area contributed by atoms with Crippen LogP contribution in [0, 0.1) is 5.92 Å². The molecule has 3 nitrogen and oxygen atoms in total. The van der Waals surface area contributed by atoms with Crippen LogP contribution in [0.4, 0.5) is 0 Å². The maximum atomic E-state index is 6.01. The normalized spacial score (nSPS) is 17.6. The van der Waals surface area contributed by atoms with Gasteiger partial charge in [0.1, 0.15) is 28.8 Å². The van der Waals surface area contributed by atoms with E-state index >= 15 is 0 Å². The summed E-state index contributed by atoms with van der Waals surface area (Å²) in [6, 6.07) is 8.36. The molecule has 0 aromatic heterocycles. The summed E-state index contributed by atoms with van der Waals surface area (Å²) >= 11 is 1.99. The molecule has 0 spiro atoms. The SMILES string of the molecule is CNCCC(OI)c1cccc(OCC2CCCCC2)c1. The molecule has 21 heavy (non-hydrogen) atoms. The Kier molecular flexibility index (Phi) is 7.82. The molecule has 0 saturated heterocycles. The van der Waals surface area contributed by atoms with Crippen LogP contribution in [0.2, 0.25) is 0 Å². The van der Waals surface area contributed by atoms with E-state index < -0.39 is 0 Å². The molecular weight excluding hydrogens is 377 g/mol. The molecule has 1 N–H and O–H groups in total. The minimum Gasteiger partial charge on any atom is -0.493 e. The Balaban J connectivity index is 1.89. The summed E-state index contributed by atoms with van der Waals surface area (Å²) in [5.41, 5.74) is 1.20. The number of benzene rings is 1. The van der Waals surface area contributed by atoms with Crippen molar-refractivity contribution in [3.63, 3.8) is 0 Å². The third-order valence-corrected chi connectivity index (χ3v) is 4.82. The highest BCUT2D eigenvalue weighted by Crippen LogP contribution is 2.28. The van der Waals surface area contributed by atoms with Gasteiger partial charge in [-0.05, 0) is 56.5 Å². The number of nitrogens with one attached hydrogen (secondary N) is 1. The van der Waals surface area contributed by atoms with Gasteiger partial charge in [-0.3, -0.25) is 0 Å². The summed E-state index contributed by atoms with van der Waals surface area (Å²) in [7, 11) is 1.97. The summed E-state index contributed by atoms with van der Waals surface area (Å²) in [6.07, 6.45) is 7.85. The quantitative estimate of drug-likeness (QED) is 0.641. The molecule has 1 aliphatic rings. The fraction of sp³-hybridized carbons (Fsp3) is 0.647. The first kappa shape index (κ1) is 17.0. The lowest BCUT2D eigenvalue weighted by Crippen LogP contribution is -2.15. The summed E-state index contributed by atoms with van der Waals surface area (Å²) < 4.78 is 11.6. The van der Waals surface area contributed by atoms with E-state index in [1.165, 1.54) is 37.7 Å². The van der Waals surface area contributed by atoms with Crippen LogP contribution in [-0.2, 0) is 3.07 Å². The fourth-order valence-corrected chi connectivity index (χ4v) is 3.46. The lowest BCUT2D eigenvalue weighted by molar-refractivity contribution is 0.208. The smallest absolute Gasteiger partial charge is 0.119 e. The Morgan fingerprint density at radius 2 is 2.10 bits per heavy atom. The Hall–Kier alpha value is -0.330. The number of rotatable bonds is 8. The first-order chi connectivity index (χ1) is 10.3. The minimum atomic E-state index is 0.122. The Morgan fingerprint density at radius 3 is 2.81 bits per heavy atom. The van der Waals surface area contributed by atoms with Crippen LogP contribution in [0.5, 0.6) is 5.75 Å². The van der Waals surface area contributed by atoms with Gasteiger partial charge in [-0.2, -0.15) is 0 Å². The molecule has 118 valence electrons. The first-order valence-corrected chi connectivity index (χ1v) is 8.86. The van der Waals surface area contributed by atoms with Crippen molar-refractivity contribution in [1.29, 1.82) is 0 Å². The number of hydrogen-bond donors (Lipinski definition) is 1. The topological polar surface area (TPSA) is 30.5 Å². The molecule has 1 aliphatic carbocycles. The lowest BCUT2D eigenvalue weighted by Gasteiger charge is -2.22. The largest absolute Gasteiger partial charge is 0.493 e. The monoisotopic (exact) mass is 403 g/mol. The lowest BCUT2D eigenvalue weighted by atomic mass is 9.90. The number of ether oxygens (including phenoxy) is 1. The second-order valence-corrected chi connectivity index (χ2v) is 6.37. The highest BCUT2D eigenvalue weighted by Gasteiger charge is 2.15. The molecule has 2 rings (SSSR count). The summed E-state index contributed by atoms with van der Waals surface area (Å²) in [4.78, 5) is 0. The van der Waals surface area contributed by atoms with Gasteiger partial charge in [-0.15, -0.1) is 0 Å². The van der Waals surface area contributed by atoms with Gasteiger partial charge < -0.3 is 13.1 Å².